The average molecular weight is 261 g/mol. The number of nitrogens with two attached hydrogens (primary N) is 1. The standard InChI is InChI=1S/C16H23NO2/c17-10-6-13-2-4-14(5-3-13)19-15-7-11-18-16(12-15)8-1-9-16/h2-5,15H,1,6-12,17H2. The SMILES string of the molecule is NCCc1ccc(OC2CCOC3(CCC3)C2)cc1. The van der Waals surface area contributed by atoms with E-state index in [1.165, 1.54) is 24.8 Å². The Hall–Kier alpha value is -1.06. The highest BCUT2D eigenvalue weighted by Gasteiger charge is 2.43. The van der Waals surface area contributed by atoms with Crippen LogP contribution < -0.4 is 10.5 Å². The third-order valence-electron chi connectivity index (χ3n) is 4.37. The zero-order valence-corrected chi connectivity index (χ0v) is 11.4. The summed E-state index contributed by atoms with van der Waals surface area (Å²) in [7, 11) is 0. The molecule has 1 spiro atoms. The summed E-state index contributed by atoms with van der Waals surface area (Å²) in [6.07, 6.45) is 7.03. The largest absolute Gasteiger partial charge is 0.490 e. The van der Waals surface area contributed by atoms with Crippen LogP contribution in [-0.4, -0.2) is 24.9 Å². The maximum absolute atomic E-state index is 6.11. The topological polar surface area (TPSA) is 44.5 Å². The number of hydrogen-bond donors (Lipinski definition) is 1. The molecule has 0 radical (unpaired) electrons. The van der Waals surface area contributed by atoms with Crippen LogP contribution in [0.25, 0.3) is 0 Å². The lowest BCUT2D eigenvalue weighted by atomic mass is 9.74. The van der Waals surface area contributed by atoms with Crippen molar-refractivity contribution in [2.24, 2.45) is 5.73 Å². The maximum Gasteiger partial charge on any atom is 0.119 e. The van der Waals surface area contributed by atoms with E-state index in [4.69, 9.17) is 15.2 Å². The molecule has 2 fully saturated rings. The normalized spacial score (nSPS) is 25.0. The summed E-state index contributed by atoms with van der Waals surface area (Å²) < 4.78 is 12.0. The van der Waals surface area contributed by atoms with Crippen LogP contribution in [0.5, 0.6) is 5.75 Å². The molecule has 1 aliphatic carbocycles. The van der Waals surface area contributed by atoms with Crippen LogP contribution >= 0.6 is 0 Å². The zero-order valence-electron chi connectivity index (χ0n) is 11.4. The maximum atomic E-state index is 6.11. The van der Waals surface area contributed by atoms with Crippen LogP contribution in [0, 0.1) is 0 Å². The molecule has 0 bridgehead atoms. The van der Waals surface area contributed by atoms with Crippen molar-refractivity contribution in [3.8, 4) is 5.75 Å². The lowest BCUT2D eigenvalue weighted by Crippen LogP contribution is -2.48. The Kier molecular flexibility index (Phi) is 3.76. The van der Waals surface area contributed by atoms with Crippen molar-refractivity contribution in [3.05, 3.63) is 29.8 Å². The Bertz CT molecular complexity index is 411. The second-order valence-corrected chi connectivity index (χ2v) is 5.80. The summed E-state index contributed by atoms with van der Waals surface area (Å²) in [5.41, 5.74) is 6.98. The Labute approximate surface area is 115 Å². The third kappa shape index (κ3) is 2.93. The lowest BCUT2D eigenvalue weighted by Gasteiger charge is -2.46. The molecule has 1 aromatic carbocycles. The van der Waals surface area contributed by atoms with E-state index < -0.39 is 0 Å². The molecule has 2 N–H and O–H groups in total. The van der Waals surface area contributed by atoms with Gasteiger partial charge in [-0.15, -0.1) is 0 Å². The lowest BCUT2D eigenvalue weighted by molar-refractivity contribution is -0.153. The molecule has 104 valence electrons. The van der Waals surface area contributed by atoms with Gasteiger partial charge in [-0.3, -0.25) is 0 Å². The monoisotopic (exact) mass is 261 g/mol. The molecular formula is C16H23NO2. The molecule has 1 heterocycles. The van der Waals surface area contributed by atoms with E-state index in [1.54, 1.807) is 0 Å². The van der Waals surface area contributed by atoms with Gasteiger partial charge in [0, 0.05) is 12.8 Å². The van der Waals surface area contributed by atoms with Crippen LogP contribution in [0.1, 0.15) is 37.7 Å². The predicted octanol–water partition coefficient (Wildman–Crippen LogP) is 2.67. The molecule has 1 saturated heterocycles. The summed E-state index contributed by atoms with van der Waals surface area (Å²) in [5, 5.41) is 0. The molecule has 3 nitrogen and oxygen atoms in total. The van der Waals surface area contributed by atoms with Crippen LogP contribution in [0.4, 0.5) is 0 Å². The van der Waals surface area contributed by atoms with Crippen molar-refractivity contribution in [3.63, 3.8) is 0 Å². The molecule has 2 aliphatic rings. The first-order valence-electron chi connectivity index (χ1n) is 7.39. The average Bonchev–Trinajstić information content (AvgIpc) is 2.40. The Balaban J connectivity index is 1.58. The number of hydrogen-bond acceptors (Lipinski definition) is 3. The van der Waals surface area contributed by atoms with Gasteiger partial charge in [-0.25, -0.2) is 0 Å². The molecule has 3 rings (SSSR count). The molecule has 0 amide bonds. The van der Waals surface area contributed by atoms with Crippen molar-refractivity contribution in [1.82, 2.24) is 0 Å². The quantitative estimate of drug-likeness (QED) is 0.906. The van der Waals surface area contributed by atoms with Gasteiger partial charge >= 0.3 is 0 Å². The molecule has 1 unspecified atom stereocenters. The molecule has 19 heavy (non-hydrogen) atoms. The van der Waals surface area contributed by atoms with Gasteiger partial charge < -0.3 is 15.2 Å². The highest BCUT2D eigenvalue weighted by atomic mass is 16.5. The molecule has 1 aromatic rings. The fraction of sp³-hybridized carbons (Fsp3) is 0.625. The van der Waals surface area contributed by atoms with E-state index >= 15 is 0 Å². The number of rotatable bonds is 4. The van der Waals surface area contributed by atoms with E-state index in [1.807, 2.05) is 0 Å². The first-order valence-corrected chi connectivity index (χ1v) is 7.39. The van der Waals surface area contributed by atoms with Crippen molar-refractivity contribution < 1.29 is 9.47 Å². The number of ether oxygens (including phenoxy) is 2. The summed E-state index contributed by atoms with van der Waals surface area (Å²) in [5.74, 6) is 0.974. The van der Waals surface area contributed by atoms with E-state index in [0.29, 0.717) is 12.6 Å². The van der Waals surface area contributed by atoms with E-state index in [-0.39, 0.29) is 5.60 Å². The van der Waals surface area contributed by atoms with Gasteiger partial charge in [0.25, 0.3) is 0 Å². The van der Waals surface area contributed by atoms with Crippen molar-refractivity contribution in [2.45, 2.75) is 50.2 Å². The van der Waals surface area contributed by atoms with Crippen LogP contribution in [0.3, 0.4) is 0 Å². The van der Waals surface area contributed by atoms with Gasteiger partial charge in [0.05, 0.1) is 12.2 Å². The highest BCUT2D eigenvalue weighted by Crippen LogP contribution is 2.43. The van der Waals surface area contributed by atoms with Gasteiger partial charge in [0.2, 0.25) is 0 Å². The summed E-state index contributed by atoms with van der Waals surface area (Å²) >= 11 is 0. The van der Waals surface area contributed by atoms with Crippen LogP contribution in [0.2, 0.25) is 0 Å². The fourth-order valence-electron chi connectivity index (χ4n) is 3.10. The van der Waals surface area contributed by atoms with Crippen molar-refractivity contribution in [2.75, 3.05) is 13.2 Å². The first-order chi connectivity index (χ1) is 9.30. The molecule has 1 atom stereocenters. The zero-order chi connectivity index (χ0) is 13.1. The summed E-state index contributed by atoms with van der Waals surface area (Å²) in [6, 6.07) is 8.35. The summed E-state index contributed by atoms with van der Waals surface area (Å²) in [6.45, 7) is 1.54. The molecule has 1 saturated carbocycles. The smallest absolute Gasteiger partial charge is 0.119 e. The molecule has 0 aromatic heterocycles. The minimum Gasteiger partial charge on any atom is -0.490 e. The minimum atomic E-state index is 0.155. The van der Waals surface area contributed by atoms with Gasteiger partial charge in [-0.05, 0) is 49.9 Å². The van der Waals surface area contributed by atoms with E-state index in [9.17, 15) is 0 Å². The van der Waals surface area contributed by atoms with Gasteiger partial charge in [0.15, 0.2) is 0 Å². The molecular weight excluding hydrogens is 238 g/mol. The molecule has 3 heteroatoms. The highest BCUT2D eigenvalue weighted by molar-refractivity contribution is 5.27. The Morgan fingerprint density at radius 1 is 1.26 bits per heavy atom. The van der Waals surface area contributed by atoms with Crippen molar-refractivity contribution in [1.29, 1.82) is 0 Å². The minimum absolute atomic E-state index is 0.155. The second-order valence-electron chi connectivity index (χ2n) is 5.80. The predicted molar refractivity (Wildman–Crippen MR) is 75.4 cm³/mol. The fourth-order valence-corrected chi connectivity index (χ4v) is 3.10. The van der Waals surface area contributed by atoms with E-state index in [2.05, 4.69) is 24.3 Å². The Morgan fingerprint density at radius 3 is 2.68 bits per heavy atom. The van der Waals surface area contributed by atoms with Gasteiger partial charge in [-0.1, -0.05) is 12.1 Å². The van der Waals surface area contributed by atoms with E-state index in [0.717, 1.165) is 31.6 Å². The molecule has 1 aliphatic heterocycles. The second kappa shape index (κ2) is 5.51. The van der Waals surface area contributed by atoms with Gasteiger partial charge in [-0.2, -0.15) is 0 Å². The number of benzene rings is 1. The first kappa shape index (κ1) is 12.9. The third-order valence-corrected chi connectivity index (χ3v) is 4.37. The summed E-state index contributed by atoms with van der Waals surface area (Å²) in [4.78, 5) is 0. The van der Waals surface area contributed by atoms with Crippen molar-refractivity contribution >= 4 is 0 Å². The van der Waals surface area contributed by atoms with Crippen LogP contribution in [0.15, 0.2) is 24.3 Å². The Morgan fingerprint density at radius 2 is 2.05 bits per heavy atom. The van der Waals surface area contributed by atoms with Crippen LogP contribution in [-0.2, 0) is 11.2 Å². The van der Waals surface area contributed by atoms with Gasteiger partial charge in [0.1, 0.15) is 11.9 Å².